The van der Waals surface area contributed by atoms with E-state index in [4.69, 9.17) is 0 Å². The van der Waals surface area contributed by atoms with Crippen molar-refractivity contribution in [1.29, 1.82) is 0 Å². The summed E-state index contributed by atoms with van der Waals surface area (Å²) in [7, 11) is 0. The normalized spacial score (nSPS) is 11.3. The standard InChI is InChI=1S/C13H12F3N3OS2/c1-21-6-8-7-22-12(17-8)19-11(20)18-10-5-3-2-4-9(10)13(14,15)16/h2-5,7H,6H2,1H3,(H2,17,18,19,20). The van der Waals surface area contributed by atoms with Crippen LogP contribution in [0.15, 0.2) is 29.6 Å². The first-order chi connectivity index (χ1) is 10.4. The van der Waals surface area contributed by atoms with Crippen molar-refractivity contribution in [3.05, 3.63) is 40.9 Å². The van der Waals surface area contributed by atoms with E-state index in [-0.39, 0.29) is 5.69 Å². The average molecular weight is 347 g/mol. The highest BCUT2D eigenvalue weighted by Gasteiger charge is 2.33. The highest BCUT2D eigenvalue weighted by molar-refractivity contribution is 7.97. The number of thioether (sulfide) groups is 1. The van der Waals surface area contributed by atoms with Gasteiger partial charge in [-0.05, 0) is 18.4 Å². The number of para-hydroxylation sites is 1. The van der Waals surface area contributed by atoms with Crippen molar-refractivity contribution in [2.24, 2.45) is 0 Å². The lowest BCUT2D eigenvalue weighted by atomic mass is 10.1. The summed E-state index contributed by atoms with van der Waals surface area (Å²) in [6.07, 6.45) is -2.61. The molecule has 4 nitrogen and oxygen atoms in total. The summed E-state index contributed by atoms with van der Waals surface area (Å²) in [5.41, 5.74) is -0.385. The van der Waals surface area contributed by atoms with E-state index in [9.17, 15) is 18.0 Å². The third kappa shape index (κ3) is 4.38. The minimum atomic E-state index is -4.53. The molecule has 2 rings (SSSR count). The monoisotopic (exact) mass is 347 g/mol. The summed E-state index contributed by atoms with van der Waals surface area (Å²) in [6.45, 7) is 0. The van der Waals surface area contributed by atoms with E-state index >= 15 is 0 Å². The minimum absolute atomic E-state index is 0.298. The molecule has 9 heteroatoms. The van der Waals surface area contributed by atoms with Crippen LogP contribution >= 0.6 is 23.1 Å². The topological polar surface area (TPSA) is 54.0 Å². The first-order valence-corrected chi connectivity index (χ1v) is 8.35. The Morgan fingerprint density at radius 1 is 1.32 bits per heavy atom. The largest absolute Gasteiger partial charge is 0.418 e. The van der Waals surface area contributed by atoms with Crippen LogP contribution < -0.4 is 10.6 Å². The number of halogens is 3. The second kappa shape index (κ2) is 7.01. The molecule has 0 bridgehead atoms. The van der Waals surface area contributed by atoms with Gasteiger partial charge in [-0.3, -0.25) is 5.32 Å². The van der Waals surface area contributed by atoms with E-state index in [1.807, 2.05) is 6.26 Å². The van der Waals surface area contributed by atoms with Crippen LogP contribution in [0.4, 0.5) is 28.8 Å². The fourth-order valence-corrected chi connectivity index (χ4v) is 2.92. The third-order valence-corrected chi connectivity index (χ3v) is 3.94. The smallest absolute Gasteiger partial charge is 0.307 e. The number of urea groups is 1. The van der Waals surface area contributed by atoms with Crippen molar-refractivity contribution in [2.45, 2.75) is 11.9 Å². The van der Waals surface area contributed by atoms with Gasteiger partial charge in [-0.15, -0.1) is 11.3 Å². The summed E-state index contributed by atoms with van der Waals surface area (Å²) in [5, 5.41) is 6.75. The predicted molar refractivity (Wildman–Crippen MR) is 83.4 cm³/mol. The van der Waals surface area contributed by atoms with E-state index in [0.717, 1.165) is 11.8 Å². The quantitative estimate of drug-likeness (QED) is 0.845. The van der Waals surface area contributed by atoms with Crippen molar-refractivity contribution in [1.82, 2.24) is 4.98 Å². The van der Waals surface area contributed by atoms with E-state index in [2.05, 4.69) is 15.6 Å². The maximum absolute atomic E-state index is 12.8. The van der Waals surface area contributed by atoms with E-state index in [1.165, 1.54) is 29.5 Å². The van der Waals surface area contributed by atoms with Gasteiger partial charge >= 0.3 is 12.2 Å². The fraction of sp³-hybridized carbons (Fsp3) is 0.231. The van der Waals surface area contributed by atoms with Gasteiger partial charge in [0.15, 0.2) is 5.13 Å². The minimum Gasteiger partial charge on any atom is -0.307 e. The number of aromatic nitrogens is 1. The second-order valence-electron chi connectivity index (χ2n) is 4.20. The number of nitrogens with zero attached hydrogens (tertiary/aromatic N) is 1. The Bertz CT molecular complexity index is 658. The first-order valence-electron chi connectivity index (χ1n) is 6.07. The zero-order valence-corrected chi connectivity index (χ0v) is 13.0. The van der Waals surface area contributed by atoms with Gasteiger partial charge in [0.25, 0.3) is 0 Å². The van der Waals surface area contributed by atoms with Gasteiger partial charge in [-0.25, -0.2) is 9.78 Å². The van der Waals surface area contributed by atoms with Crippen LogP contribution in [0.2, 0.25) is 0 Å². The van der Waals surface area contributed by atoms with E-state index in [0.29, 0.717) is 10.9 Å². The molecule has 0 unspecified atom stereocenters. The average Bonchev–Trinajstić information content (AvgIpc) is 2.85. The lowest BCUT2D eigenvalue weighted by molar-refractivity contribution is -0.136. The maximum atomic E-state index is 12.8. The summed E-state index contributed by atoms with van der Waals surface area (Å²) >= 11 is 2.80. The molecule has 118 valence electrons. The van der Waals surface area contributed by atoms with Gasteiger partial charge in [0.05, 0.1) is 16.9 Å². The van der Waals surface area contributed by atoms with Crippen LogP contribution in [-0.4, -0.2) is 17.3 Å². The molecular weight excluding hydrogens is 335 g/mol. The molecule has 0 saturated carbocycles. The lowest BCUT2D eigenvalue weighted by Crippen LogP contribution is -2.21. The Morgan fingerprint density at radius 2 is 2.05 bits per heavy atom. The van der Waals surface area contributed by atoms with Crippen molar-refractivity contribution >= 4 is 39.9 Å². The number of alkyl halides is 3. The summed E-state index contributed by atoms with van der Waals surface area (Å²) in [4.78, 5) is 16.0. The van der Waals surface area contributed by atoms with Gasteiger partial charge in [-0.2, -0.15) is 24.9 Å². The second-order valence-corrected chi connectivity index (χ2v) is 5.92. The molecule has 2 aromatic rings. The highest BCUT2D eigenvalue weighted by atomic mass is 32.2. The van der Waals surface area contributed by atoms with Crippen molar-refractivity contribution in [2.75, 3.05) is 16.9 Å². The molecule has 2 N–H and O–H groups in total. The number of hydrogen-bond acceptors (Lipinski definition) is 4. The molecule has 22 heavy (non-hydrogen) atoms. The molecule has 1 heterocycles. The summed E-state index contributed by atoms with van der Waals surface area (Å²) < 4.78 is 38.5. The Kier molecular flexibility index (Phi) is 5.30. The van der Waals surface area contributed by atoms with Gasteiger partial charge in [-0.1, -0.05) is 12.1 Å². The number of carbonyl (C=O) groups excluding carboxylic acids is 1. The molecule has 2 amide bonds. The van der Waals surface area contributed by atoms with Crippen LogP contribution in [0, 0.1) is 0 Å². The number of thiazole rings is 1. The summed E-state index contributed by atoms with van der Waals surface area (Å²) in [6, 6.07) is 4.03. The molecule has 0 aliphatic rings. The van der Waals surface area contributed by atoms with Gasteiger partial charge in [0.1, 0.15) is 0 Å². The van der Waals surface area contributed by atoms with Gasteiger partial charge < -0.3 is 5.32 Å². The molecule has 0 spiro atoms. The van der Waals surface area contributed by atoms with Crippen LogP contribution in [0.5, 0.6) is 0 Å². The third-order valence-electron chi connectivity index (χ3n) is 2.55. The number of nitrogens with one attached hydrogen (secondary N) is 2. The Balaban J connectivity index is 2.06. The molecule has 0 saturated heterocycles. The Hall–Kier alpha value is -1.74. The number of hydrogen-bond donors (Lipinski definition) is 2. The zero-order valence-electron chi connectivity index (χ0n) is 11.4. The first kappa shape index (κ1) is 16.6. The van der Waals surface area contributed by atoms with Crippen molar-refractivity contribution in [3.8, 4) is 0 Å². The molecule has 0 fully saturated rings. The number of anilines is 2. The predicted octanol–water partition coefficient (Wildman–Crippen LogP) is 4.67. The van der Waals surface area contributed by atoms with Gasteiger partial charge in [0.2, 0.25) is 0 Å². The van der Waals surface area contributed by atoms with E-state index < -0.39 is 17.8 Å². The Morgan fingerprint density at radius 3 is 2.73 bits per heavy atom. The zero-order chi connectivity index (χ0) is 16.2. The molecule has 0 aliphatic carbocycles. The molecule has 0 atom stereocenters. The number of amides is 2. The number of rotatable bonds is 4. The highest BCUT2D eigenvalue weighted by Crippen LogP contribution is 2.34. The van der Waals surface area contributed by atoms with Crippen LogP contribution in [-0.2, 0) is 11.9 Å². The lowest BCUT2D eigenvalue weighted by Gasteiger charge is -2.13. The molecule has 0 radical (unpaired) electrons. The van der Waals surface area contributed by atoms with Crippen molar-refractivity contribution < 1.29 is 18.0 Å². The number of benzene rings is 1. The Labute approximate surface area is 133 Å². The number of carbonyl (C=O) groups is 1. The van der Waals surface area contributed by atoms with E-state index in [1.54, 1.807) is 17.1 Å². The molecule has 0 aliphatic heterocycles. The molecular formula is C13H12F3N3OS2. The summed E-state index contributed by atoms with van der Waals surface area (Å²) in [5.74, 6) is 0.705. The van der Waals surface area contributed by atoms with Crippen LogP contribution in [0.3, 0.4) is 0 Å². The van der Waals surface area contributed by atoms with Crippen molar-refractivity contribution in [3.63, 3.8) is 0 Å². The van der Waals surface area contributed by atoms with Gasteiger partial charge in [0, 0.05) is 11.1 Å². The maximum Gasteiger partial charge on any atom is 0.418 e. The fourth-order valence-electron chi connectivity index (χ4n) is 1.67. The molecule has 1 aromatic heterocycles. The van der Waals surface area contributed by atoms with Crippen LogP contribution in [0.25, 0.3) is 0 Å². The van der Waals surface area contributed by atoms with Crippen LogP contribution in [0.1, 0.15) is 11.3 Å². The molecule has 1 aromatic carbocycles. The SMILES string of the molecule is CSCc1csc(NC(=O)Nc2ccccc2C(F)(F)F)n1.